The standard InChI is InChI=1S/C13H18N4O/c1-5-12-9(3)16-17(10(12)4)13-14-8(2)6-11(7-18)15-13/h6,18H,5,7H2,1-4H3. The van der Waals surface area contributed by atoms with E-state index in [4.69, 9.17) is 0 Å². The van der Waals surface area contributed by atoms with Crippen LogP contribution in [0.5, 0.6) is 0 Å². The van der Waals surface area contributed by atoms with Gasteiger partial charge in [-0.3, -0.25) is 0 Å². The van der Waals surface area contributed by atoms with E-state index in [9.17, 15) is 5.11 Å². The normalized spacial score (nSPS) is 10.9. The average Bonchev–Trinajstić information content (AvgIpc) is 2.63. The Kier molecular flexibility index (Phi) is 3.43. The molecule has 0 unspecified atom stereocenters. The van der Waals surface area contributed by atoms with E-state index < -0.39 is 0 Å². The van der Waals surface area contributed by atoms with Gasteiger partial charge in [-0.1, -0.05) is 6.92 Å². The number of aryl methyl sites for hydroxylation is 2. The van der Waals surface area contributed by atoms with E-state index in [1.54, 1.807) is 10.7 Å². The van der Waals surface area contributed by atoms with Gasteiger partial charge in [0.15, 0.2) is 0 Å². The Hall–Kier alpha value is -1.75. The largest absolute Gasteiger partial charge is 0.390 e. The minimum atomic E-state index is -0.0870. The molecule has 1 N–H and O–H groups in total. The predicted octanol–water partition coefficient (Wildman–Crippen LogP) is 1.64. The number of nitrogens with zero attached hydrogens (tertiary/aromatic N) is 4. The van der Waals surface area contributed by atoms with Crippen molar-refractivity contribution in [2.24, 2.45) is 0 Å². The number of hydrogen-bond donors (Lipinski definition) is 1. The molecule has 2 heterocycles. The fourth-order valence-corrected chi connectivity index (χ4v) is 2.17. The van der Waals surface area contributed by atoms with Gasteiger partial charge in [0.05, 0.1) is 18.0 Å². The minimum absolute atomic E-state index is 0.0870. The van der Waals surface area contributed by atoms with E-state index in [0.29, 0.717) is 11.6 Å². The van der Waals surface area contributed by atoms with Crippen LogP contribution >= 0.6 is 0 Å². The zero-order valence-electron chi connectivity index (χ0n) is 11.2. The maximum atomic E-state index is 9.19. The van der Waals surface area contributed by atoms with Crippen LogP contribution in [0, 0.1) is 20.8 Å². The lowest BCUT2D eigenvalue weighted by molar-refractivity contribution is 0.276. The van der Waals surface area contributed by atoms with E-state index in [1.807, 2.05) is 20.8 Å². The Morgan fingerprint density at radius 2 is 1.94 bits per heavy atom. The van der Waals surface area contributed by atoms with Crippen LogP contribution in [0.4, 0.5) is 0 Å². The Morgan fingerprint density at radius 1 is 1.22 bits per heavy atom. The first-order valence-electron chi connectivity index (χ1n) is 6.07. The van der Waals surface area contributed by atoms with Gasteiger partial charge in [-0.05, 0) is 38.8 Å². The molecule has 0 atom stereocenters. The third-order valence-electron chi connectivity index (χ3n) is 3.04. The third-order valence-corrected chi connectivity index (χ3v) is 3.04. The maximum Gasteiger partial charge on any atom is 0.251 e. The topological polar surface area (TPSA) is 63.8 Å². The molecule has 0 aromatic carbocycles. The first-order valence-corrected chi connectivity index (χ1v) is 6.07. The van der Waals surface area contributed by atoms with Gasteiger partial charge in [-0.2, -0.15) is 5.10 Å². The van der Waals surface area contributed by atoms with E-state index in [-0.39, 0.29) is 6.61 Å². The number of aliphatic hydroxyl groups excluding tert-OH is 1. The summed E-state index contributed by atoms with van der Waals surface area (Å²) in [4.78, 5) is 8.69. The summed E-state index contributed by atoms with van der Waals surface area (Å²) < 4.78 is 1.75. The summed E-state index contributed by atoms with van der Waals surface area (Å²) in [6.07, 6.45) is 0.941. The van der Waals surface area contributed by atoms with Gasteiger partial charge in [-0.25, -0.2) is 14.6 Å². The molecule has 2 aromatic heterocycles. The Labute approximate surface area is 107 Å². The van der Waals surface area contributed by atoms with Crippen LogP contribution < -0.4 is 0 Å². The summed E-state index contributed by atoms with van der Waals surface area (Å²) in [7, 11) is 0. The Morgan fingerprint density at radius 3 is 2.50 bits per heavy atom. The number of hydrogen-bond acceptors (Lipinski definition) is 4. The molecular formula is C13H18N4O. The van der Waals surface area contributed by atoms with Crippen LogP contribution in [0.3, 0.4) is 0 Å². The van der Waals surface area contributed by atoms with Crippen LogP contribution in [0.2, 0.25) is 0 Å². The maximum absolute atomic E-state index is 9.19. The van der Waals surface area contributed by atoms with Crippen molar-refractivity contribution in [3.63, 3.8) is 0 Å². The molecule has 0 aliphatic carbocycles. The van der Waals surface area contributed by atoms with Crippen molar-refractivity contribution in [1.29, 1.82) is 0 Å². The molecule has 2 aromatic rings. The van der Waals surface area contributed by atoms with Gasteiger partial charge >= 0.3 is 0 Å². The molecule has 0 saturated carbocycles. The molecule has 0 radical (unpaired) electrons. The second kappa shape index (κ2) is 4.86. The molecule has 0 saturated heterocycles. The lowest BCUT2D eigenvalue weighted by atomic mass is 10.1. The van der Waals surface area contributed by atoms with Gasteiger partial charge in [0.1, 0.15) is 0 Å². The van der Waals surface area contributed by atoms with Crippen LogP contribution in [0.15, 0.2) is 6.07 Å². The minimum Gasteiger partial charge on any atom is -0.390 e. The summed E-state index contributed by atoms with van der Waals surface area (Å²) in [5.41, 5.74) is 4.73. The lowest BCUT2D eigenvalue weighted by Crippen LogP contribution is -2.08. The highest BCUT2D eigenvalue weighted by atomic mass is 16.3. The van der Waals surface area contributed by atoms with Crippen molar-refractivity contribution >= 4 is 0 Å². The Bertz CT molecular complexity index is 575. The number of rotatable bonds is 3. The molecular weight excluding hydrogens is 228 g/mol. The van der Waals surface area contributed by atoms with Crippen LogP contribution in [-0.4, -0.2) is 24.9 Å². The molecule has 0 fully saturated rings. The molecule has 2 rings (SSSR count). The summed E-state index contributed by atoms with van der Waals surface area (Å²) in [6, 6.07) is 1.77. The van der Waals surface area contributed by atoms with Crippen LogP contribution in [-0.2, 0) is 13.0 Å². The number of aromatic nitrogens is 4. The first-order chi connectivity index (χ1) is 8.56. The zero-order chi connectivity index (χ0) is 13.3. The molecule has 5 heteroatoms. The van der Waals surface area contributed by atoms with E-state index in [1.165, 1.54) is 5.56 Å². The summed E-state index contributed by atoms with van der Waals surface area (Å²) in [5.74, 6) is 0.527. The highest BCUT2D eigenvalue weighted by Crippen LogP contribution is 2.16. The fourth-order valence-electron chi connectivity index (χ4n) is 2.17. The molecule has 18 heavy (non-hydrogen) atoms. The fraction of sp³-hybridized carbons (Fsp3) is 0.462. The summed E-state index contributed by atoms with van der Waals surface area (Å²) in [5, 5.41) is 13.7. The van der Waals surface area contributed by atoms with E-state index in [0.717, 1.165) is 23.5 Å². The third kappa shape index (κ3) is 2.13. The van der Waals surface area contributed by atoms with Gasteiger partial charge in [0, 0.05) is 11.4 Å². The smallest absolute Gasteiger partial charge is 0.251 e. The molecule has 0 aliphatic heterocycles. The van der Waals surface area contributed by atoms with Gasteiger partial charge < -0.3 is 5.11 Å². The van der Waals surface area contributed by atoms with E-state index in [2.05, 4.69) is 22.0 Å². The summed E-state index contributed by atoms with van der Waals surface area (Å²) >= 11 is 0. The second-order valence-electron chi connectivity index (χ2n) is 4.37. The molecule has 0 aliphatic rings. The highest BCUT2D eigenvalue weighted by Gasteiger charge is 2.13. The second-order valence-corrected chi connectivity index (χ2v) is 4.37. The van der Waals surface area contributed by atoms with Crippen molar-refractivity contribution in [3.8, 4) is 5.95 Å². The Balaban J connectivity index is 2.58. The van der Waals surface area contributed by atoms with Crippen molar-refractivity contribution in [2.75, 3.05) is 0 Å². The summed E-state index contributed by atoms with van der Waals surface area (Å²) in [6.45, 7) is 7.92. The van der Waals surface area contributed by atoms with Gasteiger partial charge in [-0.15, -0.1) is 0 Å². The SMILES string of the molecule is CCc1c(C)nn(-c2nc(C)cc(CO)n2)c1C. The van der Waals surface area contributed by atoms with Crippen LogP contribution in [0.1, 0.15) is 35.3 Å². The zero-order valence-corrected chi connectivity index (χ0v) is 11.2. The number of aliphatic hydroxyl groups is 1. The van der Waals surface area contributed by atoms with Crippen molar-refractivity contribution in [2.45, 2.75) is 40.7 Å². The highest BCUT2D eigenvalue weighted by molar-refractivity contribution is 5.30. The first kappa shape index (κ1) is 12.7. The lowest BCUT2D eigenvalue weighted by Gasteiger charge is -2.06. The van der Waals surface area contributed by atoms with Crippen molar-refractivity contribution in [1.82, 2.24) is 19.7 Å². The van der Waals surface area contributed by atoms with Gasteiger partial charge in [0.2, 0.25) is 0 Å². The predicted molar refractivity (Wildman–Crippen MR) is 68.7 cm³/mol. The molecule has 5 nitrogen and oxygen atoms in total. The van der Waals surface area contributed by atoms with Crippen LogP contribution in [0.25, 0.3) is 5.95 Å². The van der Waals surface area contributed by atoms with Crippen molar-refractivity contribution < 1.29 is 5.11 Å². The molecule has 0 spiro atoms. The monoisotopic (exact) mass is 246 g/mol. The van der Waals surface area contributed by atoms with Gasteiger partial charge in [0.25, 0.3) is 5.95 Å². The van der Waals surface area contributed by atoms with E-state index >= 15 is 0 Å². The average molecular weight is 246 g/mol. The van der Waals surface area contributed by atoms with Crippen molar-refractivity contribution in [3.05, 3.63) is 34.4 Å². The quantitative estimate of drug-likeness (QED) is 0.894. The molecule has 0 bridgehead atoms. The molecule has 96 valence electrons. The molecule has 0 amide bonds.